The molecule has 2 rings (SSSR count). The minimum Gasteiger partial charge on any atom is -0.481 e. The highest BCUT2D eigenvalue weighted by molar-refractivity contribution is 5.97. The number of hydrogen-bond donors (Lipinski definition) is 9. The van der Waals surface area contributed by atoms with Crippen LogP contribution in [0.5, 0.6) is 0 Å². The predicted octanol–water partition coefficient (Wildman–Crippen LogP) is -1.42. The Labute approximate surface area is 358 Å². The van der Waals surface area contributed by atoms with Gasteiger partial charge in [0.1, 0.15) is 30.0 Å². The van der Waals surface area contributed by atoms with Crippen molar-refractivity contribution >= 4 is 58.8 Å². The van der Waals surface area contributed by atoms with Crippen LogP contribution in [0.25, 0.3) is 10.4 Å². The standard InChI is InChI=1S/C39H59N11O12/c1-22(2)18-29(45-31(53)13-16-62-17-14-42-35(57)27(40)19-25-7-9-26(10-8-25)48-49-41)39(61)50-15-5-6-30(50)37(59)46-28(11-12-33(55)56)36(58)47-34(24(4)52)38(60)44-21-32(54)43-20-23(3)51/h7-10,22,24,27-30,34,52H,5-6,11-21,40H2,1-4H3,(H,42,57)(H,43,54)(H,44,60)(H,45,53)(H,46,59)(H,47,58)(H,55,56). The summed E-state index contributed by atoms with van der Waals surface area (Å²) in [5, 5.41) is 37.8. The van der Waals surface area contributed by atoms with Gasteiger partial charge in [-0.3, -0.25) is 43.2 Å². The summed E-state index contributed by atoms with van der Waals surface area (Å²) in [5.41, 5.74) is 15.7. The van der Waals surface area contributed by atoms with Crippen LogP contribution in [0.2, 0.25) is 0 Å². The van der Waals surface area contributed by atoms with Crippen LogP contribution < -0.4 is 37.6 Å². The van der Waals surface area contributed by atoms with E-state index in [0.717, 1.165) is 5.56 Å². The number of azide groups is 1. The van der Waals surface area contributed by atoms with Gasteiger partial charge in [0, 0.05) is 36.5 Å². The van der Waals surface area contributed by atoms with Crippen molar-refractivity contribution in [2.24, 2.45) is 16.8 Å². The van der Waals surface area contributed by atoms with Gasteiger partial charge >= 0.3 is 5.97 Å². The van der Waals surface area contributed by atoms with Gasteiger partial charge in [-0.25, -0.2) is 0 Å². The van der Waals surface area contributed by atoms with Gasteiger partial charge in [-0.15, -0.1) is 0 Å². The minimum atomic E-state index is -1.62. The first-order valence-electron chi connectivity index (χ1n) is 20.2. The van der Waals surface area contributed by atoms with E-state index in [1.807, 2.05) is 13.8 Å². The molecule has 23 nitrogen and oxygen atoms in total. The maximum Gasteiger partial charge on any atom is 0.303 e. The van der Waals surface area contributed by atoms with Gasteiger partial charge < -0.3 is 57.5 Å². The highest BCUT2D eigenvalue weighted by atomic mass is 16.5. The van der Waals surface area contributed by atoms with Crippen LogP contribution >= 0.6 is 0 Å². The van der Waals surface area contributed by atoms with Crippen molar-refractivity contribution in [2.45, 2.75) is 109 Å². The van der Waals surface area contributed by atoms with Gasteiger partial charge in [0.25, 0.3) is 0 Å². The van der Waals surface area contributed by atoms with E-state index in [9.17, 15) is 53.4 Å². The van der Waals surface area contributed by atoms with Crippen molar-refractivity contribution < 1.29 is 58.1 Å². The number of nitrogens with two attached hydrogens (primary N) is 1. The largest absolute Gasteiger partial charge is 0.481 e. The molecule has 0 aromatic heterocycles. The topological polar surface area (TPSA) is 354 Å². The predicted molar refractivity (Wildman–Crippen MR) is 221 cm³/mol. The summed E-state index contributed by atoms with van der Waals surface area (Å²) in [6.07, 6.45) is -1.53. The van der Waals surface area contributed by atoms with Crippen LogP contribution in [0.1, 0.15) is 71.8 Å². The summed E-state index contributed by atoms with van der Waals surface area (Å²) in [7, 11) is 0. The second-order valence-electron chi connectivity index (χ2n) is 15.2. The van der Waals surface area contributed by atoms with Crippen molar-refractivity contribution in [3.05, 3.63) is 40.3 Å². The zero-order valence-electron chi connectivity index (χ0n) is 35.4. The molecular formula is C39H59N11O12. The lowest BCUT2D eigenvalue weighted by atomic mass is 10.0. The van der Waals surface area contributed by atoms with E-state index < -0.39 is 103 Å². The molecule has 0 bridgehead atoms. The molecule has 0 radical (unpaired) electrons. The van der Waals surface area contributed by atoms with E-state index in [-0.39, 0.29) is 70.2 Å². The first-order chi connectivity index (χ1) is 29.3. The molecule has 7 amide bonds. The van der Waals surface area contributed by atoms with Gasteiger partial charge in [0.15, 0.2) is 0 Å². The fraction of sp³-hybridized carbons (Fsp3) is 0.615. The van der Waals surface area contributed by atoms with E-state index in [2.05, 4.69) is 41.9 Å². The van der Waals surface area contributed by atoms with E-state index in [1.54, 1.807) is 24.3 Å². The smallest absolute Gasteiger partial charge is 0.303 e. The highest BCUT2D eigenvalue weighted by Crippen LogP contribution is 2.21. The van der Waals surface area contributed by atoms with Crippen molar-refractivity contribution in [1.82, 2.24) is 36.8 Å². The number of carbonyl (C=O) groups is 9. The third kappa shape index (κ3) is 19.0. The normalized spacial score (nSPS) is 15.7. The molecule has 0 saturated carbocycles. The Morgan fingerprint density at radius 1 is 0.887 bits per heavy atom. The monoisotopic (exact) mass is 873 g/mol. The molecular weight excluding hydrogens is 814 g/mol. The van der Waals surface area contributed by atoms with Crippen LogP contribution in [-0.4, -0.2) is 144 Å². The number of aliphatic carboxylic acids is 1. The van der Waals surface area contributed by atoms with E-state index in [0.29, 0.717) is 12.1 Å². The number of Topliss-reactive ketones (excluding diaryl/α,β-unsaturated/α-hetero) is 1. The number of ketones is 1. The molecule has 1 aliphatic heterocycles. The van der Waals surface area contributed by atoms with Crippen LogP contribution in [0.4, 0.5) is 5.69 Å². The number of carbonyl (C=O) groups excluding carboxylic acids is 8. The summed E-state index contributed by atoms with van der Waals surface area (Å²) >= 11 is 0. The Kier molecular flexibility index (Phi) is 22.6. The molecule has 62 heavy (non-hydrogen) atoms. The number of hydrogen-bond acceptors (Lipinski definition) is 13. The quantitative estimate of drug-likeness (QED) is 0.0212. The fourth-order valence-electron chi connectivity index (χ4n) is 6.23. The Hall–Kier alpha value is -6.16. The third-order valence-electron chi connectivity index (χ3n) is 9.39. The molecule has 1 aromatic rings. The molecule has 0 aliphatic carbocycles. The van der Waals surface area contributed by atoms with Crippen LogP contribution in [0.3, 0.4) is 0 Å². The van der Waals surface area contributed by atoms with Gasteiger partial charge in [-0.05, 0) is 63.0 Å². The number of likely N-dealkylation sites (tertiary alicyclic amines) is 1. The summed E-state index contributed by atoms with van der Waals surface area (Å²) < 4.78 is 5.50. The summed E-state index contributed by atoms with van der Waals surface area (Å²) in [5.74, 6) is -6.59. The molecule has 6 atom stereocenters. The van der Waals surface area contributed by atoms with E-state index >= 15 is 0 Å². The van der Waals surface area contributed by atoms with E-state index in [1.165, 1.54) is 18.7 Å². The molecule has 10 N–H and O–H groups in total. The lowest BCUT2D eigenvalue weighted by Crippen LogP contribution is -2.60. The Morgan fingerprint density at radius 3 is 2.19 bits per heavy atom. The Balaban J connectivity index is 1.97. The fourth-order valence-corrected chi connectivity index (χ4v) is 6.23. The highest BCUT2D eigenvalue weighted by Gasteiger charge is 2.39. The maximum atomic E-state index is 13.9. The number of amides is 7. The Bertz CT molecular complexity index is 1790. The lowest BCUT2D eigenvalue weighted by molar-refractivity contribution is -0.143. The number of carboxylic acids is 1. The van der Waals surface area contributed by atoms with Crippen LogP contribution in [0.15, 0.2) is 29.4 Å². The Morgan fingerprint density at radius 2 is 1.58 bits per heavy atom. The van der Waals surface area contributed by atoms with Crippen LogP contribution in [0, 0.1) is 5.92 Å². The molecule has 1 saturated heterocycles. The van der Waals surface area contributed by atoms with E-state index in [4.69, 9.17) is 16.0 Å². The number of aliphatic hydroxyl groups is 1. The van der Waals surface area contributed by atoms with Crippen molar-refractivity contribution in [1.29, 1.82) is 0 Å². The number of nitrogens with one attached hydrogen (secondary N) is 6. The van der Waals surface area contributed by atoms with Crippen LogP contribution in [-0.2, 0) is 54.3 Å². The summed E-state index contributed by atoms with van der Waals surface area (Å²) in [6.45, 7) is 5.60. The van der Waals surface area contributed by atoms with Crippen molar-refractivity contribution in [3.8, 4) is 0 Å². The number of carboxylic acid groups (broad SMARTS) is 1. The molecule has 1 aliphatic rings. The molecule has 23 heteroatoms. The molecule has 0 spiro atoms. The van der Waals surface area contributed by atoms with Gasteiger partial charge in [-0.1, -0.05) is 43.2 Å². The van der Waals surface area contributed by atoms with Crippen molar-refractivity contribution in [3.63, 3.8) is 0 Å². The zero-order valence-corrected chi connectivity index (χ0v) is 35.4. The minimum absolute atomic E-state index is 0.0313. The van der Waals surface area contributed by atoms with Gasteiger partial charge in [0.2, 0.25) is 41.4 Å². The summed E-state index contributed by atoms with van der Waals surface area (Å²) in [4.78, 5) is 118. The molecule has 1 aromatic carbocycles. The number of ether oxygens (including phenoxy) is 1. The SMILES string of the molecule is CC(=O)CNC(=O)CNC(=O)C(NC(=O)C(CCC(=O)O)NC(=O)C1CCCN1C(=O)C(CC(C)C)NC(=O)CCOCCNC(=O)C(N)Cc1ccc(N=[N+]=[N-])cc1)C(C)O. The second-order valence-corrected chi connectivity index (χ2v) is 15.2. The summed E-state index contributed by atoms with van der Waals surface area (Å²) in [6, 6.07) is 0.532. The molecule has 6 unspecified atom stereocenters. The third-order valence-corrected chi connectivity index (χ3v) is 9.39. The first-order valence-corrected chi connectivity index (χ1v) is 20.2. The first kappa shape index (κ1) is 52.0. The average molecular weight is 874 g/mol. The second kappa shape index (κ2) is 26.9. The number of rotatable bonds is 27. The van der Waals surface area contributed by atoms with Gasteiger partial charge in [-0.2, -0.15) is 0 Å². The van der Waals surface area contributed by atoms with Crippen molar-refractivity contribution in [2.75, 3.05) is 39.4 Å². The molecule has 1 fully saturated rings. The zero-order chi connectivity index (χ0) is 46.4. The number of aliphatic hydroxyl groups excluding tert-OH is 1. The lowest BCUT2D eigenvalue weighted by Gasteiger charge is -2.31. The van der Waals surface area contributed by atoms with Gasteiger partial charge in [0.05, 0.1) is 38.4 Å². The number of benzene rings is 1. The molecule has 342 valence electrons. The average Bonchev–Trinajstić information content (AvgIpc) is 3.71. The number of nitrogens with zero attached hydrogens (tertiary/aromatic N) is 4. The maximum absolute atomic E-state index is 13.9. The molecule has 1 heterocycles.